The second-order valence-corrected chi connectivity index (χ2v) is 4.02. The van der Waals surface area contributed by atoms with Crippen molar-refractivity contribution in [3.63, 3.8) is 0 Å². The van der Waals surface area contributed by atoms with Gasteiger partial charge in [0.15, 0.2) is 0 Å². The highest BCUT2D eigenvalue weighted by Gasteiger charge is 2.23. The molecule has 1 unspecified atom stereocenters. The number of amides is 1. The average molecular weight is 238 g/mol. The van der Waals surface area contributed by atoms with Gasteiger partial charge in [0.05, 0.1) is 18.7 Å². The molecule has 17 heavy (non-hydrogen) atoms. The van der Waals surface area contributed by atoms with E-state index in [4.69, 9.17) is 4.74 Å². The van der Waals surface area contributed by atoms with Gasteiger partial charge in [0.25, 0.3) is 0 Å². The van der Waals surface area contributed by atoms with Crippen LogP contribution in [0.3, 0.4) is 0 Å². The maximum Gasteiger partial charge on any atom is 0.228 e. The standard InChI is InChI=1S/C12H15FN2O2/c1-17-11-6-9(13)2-3-10(11)15-12(16)8-4-5-14-7-8/h2-3,6,8,14H,4-5,7H2,1H3,(H,15,16). The van der Waals surface area contributed by atoms with Gasteiger partial charge in [-0.3, -0.25) is 4.79 Å². The summed E-state index contributed by atoms with van der Waals surface area (Å²) in [5, 5.41) is 5.88. The summed E-state index contributed by atoms with van der Waals surface area (Å²) in [5.74, 6) is -0.128. The SMILES string of the molecule is COc1cc(F)ccc1NC(=O)C1CCNC1. The summed E-state index contributed by atoms with van der Waals surface area (Å²) in [6.07, 6.45) is 0.829. The first kappa shape index (κ1) is 11.9. The number of nitrogens with one attached hydrogen (secondary N) is 2. The van der Waals surface area contributed by atoms with Crippen LogP contribution in [-0.2, 0) is 4.79 Å². The Morgan fingerprint density at radius 2 is 2.41 bits per heavy atom. The number of carbonyl (C=O) groups excluding carboxylic acids is 1. The molecule has 1 saturated heterocycles. The van der Waals surface area contributed by atoms with Crippen molar-refractivity contribution in [1.29, 1.82) is 0 Å². The zero-order chi connectivity index (χ0) is 12.3. The number of ether oxygens (including phenoxy) is 1. The van der Waals surface area contributed by atoms with Crippen molar-refractivity contribution >= 4 is 11.6 Å². The van der Waals surface area contributed by atoms with Crippen LogP contribution in [0.1, 0.15) is 6.42 Å². The highest BCUT2D eigenvalue weighted by molar-refractivity contribution is 5.94. The van der Waals surface area contributed by atoms with E-state index in [1.165, 1.54) is 25.3 Å². The molecular weight excluding hydrogens is 223 g/mol. The topological polar surface area (TPSA) is 50.4 Å². The minimum Gasteiger partial charge on any atom is -0.494 e. The van der Waals surface area contributed by atoms with Crippen LogP contribution >= 0.6 is 0 Å². The van der Waals surface area contributed by atoms with Gasteiger partial charge in [0.2, 0.25) is 5.91 Å². The Morgan fingerprint density at radius 1 is 1.59 bits per heavy atom. The predicted octanol–water partition coefficient (Wildman–Crippen LogP) is 1.38. The summed E-state index contributed by atoms with van der Waals surface area (Å²) in [6.45, 7) is 1.55. The smallest absolute Gasteiger partial charge is 0.228 e. The molecule has 2 rings (SSSR count). The van der Waals surface area contributed by atoms with E-state index in [0.29, 0.717) is 18.0 Å². The molecule has 0 aromatic heterocycles. The van der Waals surface area contributed by atoms with Gasteiger partial charge >= 0.3 is 0 Å². The summed E-state index contributed by atoms with van der Waals surface area (Å²) in [5.41, 5.74) is 0.505. The number of rotatable bonds is 3. The number of benzene rings is 1. The Kier molecular flexibility index (Phi) is 3.58. The number of hydrogen-bond acceptors (Lipinski definition) is 3. The van der Waals surface area contributed by atoms with Crippen LogP contribution in [0.2, 0.25) is 0 Å². The maximum atomic E-state index is 13.0. The second kappa shape index (κ2) is 5.14. The molecule has 0 spiro atoms. The maximum absolute atomic E-state index is 13.0. The third-order valence-electron chi connectivity index (χ3n) is 2.85. The van der Waals surface area contributed by atoms with E-state index in [-0.39, 0.29) is 17.6 Å². The first-order chi connectivity index (χ1) is 8.20. The monoisotopic (exact) mass is 238 g/mol. The molecule has 0 aliphatic carbocycles. The first-order valence-corrected chi connectivity index (χ1v) is 5.56. The lowest BCUT2D eigenvalue weighted by molar-refractivity contribution is -0.119. The van der Waals surface area contributed by atoms with E-state index < -0.39 is 0 Å². The molecule has 1 fully saturated rings. The largest absolute Gasteiger partial charge is 0.494 e. The third kappa shape index (κ3) is 2.74. The molecule has 5 heteroatoms. The minimum atomic E-state index is -0.387. The molecule has 2 N–H and O–H groups in total. The minimum absolute atomic E-state index is 0.0234. The molecule has 92 valence electrons. The molecule has 0 radical (unpaired) electrons. The molecule has 1 heterocycles. The van der Waals surface area contributed by atoms with Crippen molar-refractivity contribution in [2.75, 3.05) is 25.5 Å². The lowest BCUT2D eigenvalue weighted by Gasteiger charge is -2.12. The zero-order valence-electron chi connectivity index (χ0n) is 9.63. The summed E-state index contributed by atoms with van der Waals surface area (Å²) in [7, 11) is 1.45. The molecule has 1 amide bonds. The van der Waals surface area contributed by atoms with Gasteiger partial charge in [-0.25, -0.2) is 4.39 Å². The van der Waals surface area contributed by atoms with E-state index in [9.17, 15) is 9.18 Å². The lowest BCUT2D eigenvalue weighted by atomic mass is 10.1. The number of halogens is 1. The van der Waals surface area contributed by atoms with Crippen LogP contribution in [0.4, 0.5) is 10.1 Å². The van der Waals surface area contributed by atoms with E-state index >= 15 is 0 Å². The Labute approximate surface area is 99.2 Å². The quantitative estimate of drug-likeness (QED) is 0.836. The fraction of sp³-hybridized carbons (Fsp3) is 0.417. The van der Waals surface area contributed by atoms with Crippen molar-refractivity contribution in [1.82, 2.24) is 5.32 Å². The highest BCUT2D eigenvalue weighted by Crippen LogP contribution is 2.25. The van der Waals surface area contributed by atoms with E-state index in [1.807, 2.05) is 0 Å². The average Bonchev–Trinajstić information content (AvgIpc) is 2.85. The van der Waals surface area contributed by atoms with Crippen molar-refractivity contribution in [2.24, 2.45) is 5.92 Å². The summed E-state index contributed by atoms with van der Waals surface area (Å²) in [6, 6.07) is 4.06. The van der Waals surface area contributed by atoms with Crippen LogP contribution in [0.5, 0.6) is 5.75 Å². The van der Waals surface area contributed by atoms with E-state index in [1.54, 1.807) is 0 Å². The van der Waals surface area contributed by atoms with Crippen molar-refractivity contribution < 1.29 is 13.9 Å². The highest BCUT2D eigenvalue weighted by atomic mass is 19.1. The number of anilines is 1. The zero-order valence-corrected chi connectivity index (χ0v) is 9.63. The molecule has 1 aromatic rings. The molecule has 4 nitrogen and oxygen atoms in total. The Balaban J connectivity index is 2.09. The van der Waals surface area contributed by atoms with Gasteiger partial charge in [-0.2, -0.15) is 0 Å². The number of methoxy groups -OCH3 is 1. The van der Waals surface area contributed by atoms with Crippen molar-refractivity contribution in [3.8, 4) is 5.75 Å². The molecule has 1 aliphatic heterocycles. The summed E-state index contributed by atoms with van der Waals surface area (Å²) >= 11 is 0. The van der Waals surface area contributed by atoms with Gasteiger partial charge in [-0.15, -0.1) is 0 Å². The summed E-state index contributed by atoms with van der Waals surface area (Å²) in [4.78, 5) is 11.9. The lowest BCUT2D eigenvalue weighted by Crippen LogP contribution is -2.24. The fourth-order valence-corrected chi connectivity index (χ4v) is 1.88. The van der Waals surface area contributed by atoms with Crippen molar-refractivity contribution in [2.45, 2.75) is 6.42 Å². The Morgan fingerprint density at radius 3 is 3.06 bits per heavy atom. The normalized spacial score (nSPS) is 19.1. The molecule has 0 bridgehead atoms. The molecule has 1 aromatic carbocycles. The van der Waals surface area contributed by atoms with Crippen LogP contribution in [-0.4, -0.2) is 26.1 Å². The van der Waals surface area contributed by atoms with Crippen LogP contribution in [0, 0.1) is 11.7 Å². The fourth-order valence-electron chi connectivity index (χ4n) is 1.88. The van der Waals surface area contributed by atoms with Crippen LogP contribution < -0.4 is 15.4 Å². The molecule has 1 atom stereocenters. The predicted molar refractivity (Wildman–Crippen MR) is 62.6 cm³/mol. The van der Waals surface area contributed by atoms with Gasteiger partial charge in [-0.1, -0.05) is 0 Å². The van der Waals surface area contributed by atoms with Crippen molar-refractivity contribution in [3.05, 3.63) is 24.0 Å². The van der Waals surface area contributed by atoms with E-state index in [0.717, 1.165) is 13.0 Å². The second-order valence-electron chi connectivity index (χ2n) is 4.02. The number of carbonyl (C=O) groups is 1. The first-order valence-electron chi connectivity index (χ1n) is 5.56. The van der Waals surface area contributed by atoms with Crippen LogP contribution in [0.15, 0.2) is 18.2 Å². The van der Waals surface area contributed by atoms with Crippen LogP contribution in [0.25, 0.3) is 0 Å². The van der Waals surface area contributed by atoms with Gasteiger partial charge in [-0.05, 0) is 25.1 Å². The van der Waals surface area contributed by atoms with Gasteiger partial charge in [0, 0.05) is 12.6 Å². The van der Waals surface area contributed by atoms with Gasteiger partial charge < -0.3 is 15.4 Å². The van der Waals surface area contributed by atoms with Gasteiger partial charge in [0.1, 0.15) is 11.6 Å². The molecule has 0 saturated carbocycles. The molecular formula is C12H15FN2O2. The Bertz CT molecular complexity index is 417. The Hall–Kier alpha value is -1.62. The van der Waals surface area contributed by atoms with E-state index in [2.05, 4.69) is 10.6 Å². The number of hydrogen-bond donors (Lipinski definition) is 2. The summed E-state index contributed by atoms with van der Waals surface area (Å²) < 4.78 is 18.0. The third-order valence-corrected chi connectivity index (χ3v) is 2.85. The molecule has 1 aliphatic rings.